The van der Waals surface area contributed by atoms with Gasteiger partial charge in [0.15, 0.2) is 5.69 Å². The van der Waals surface area contributed by atoms with E-state index in [2.05, 4.69) is 20.9 Å². The molecular formula is C14H15BrN2O2. The molecule has 0 saturated carbocycles. The average molecular weight is 323 g/mol. The number of hydrogen-bond donors (Lipinski definition) is 0. The second kappa shape index (κ2) is 6.02. The molecule has 0 fully saturated rings. The molecule has 19 heavy (non-hydrogen) atoms. The van der Waals surface area contributed by atoms with Gasteiger partial charge in [0, 0.05) is 0 Å². The van der Waals surface area contributed by atoms with Gasteiger partial charge in [0.1, 0.15) is 4.60 Å². The van der Waals surface area contributed by atoms with Crippen molar-refractivity contribution in [3.63, 3.8) is 0 Å². The summed E-state index contributed by atoms with van der Waals surface area (Å²) in [4.78, 5) is 16.1. The predicted molar refractivity (Wildman–Crippen MR) is 76.1 cm³/mol. The zero-order valence-electron chi connectivity index (χ0n) is 10.8. The van der Waals surface area contributed by atoms with Crippen molar-refractivity contribution in [2.45, 2.75) is 19.9 Å². The molecule has 0 saturated heterocycles. The van der Waals surface area contributed by atoms with Gasteiger partial charge in [-0.05, 0) is 35.3 Å². The molecule has 1 unspecified atom stereocenters. The van der Waals surface area contributed by atoms with Crippen molar-refractivity contribution in [1.29, 1.82) is 0 Å². The lowest BCUT2D eigenvalue weighted by atomic mass is 10.1. The van der Waals surface area contributed by atoms with Gasteiger partial charge in [-0.25, -0.2) is 9.78 Å². The van der Waals surface area contributed by atoms with Gasteiger partial charge in [0.05, 0.1) is 19.0 Å². The SMILES string of the molecule is CCOC(=O)c1c(Br)ncn1C(C)c1ccccc1. The quantitative estimate of drug-likeness (QED) is 0.810. The molecule has 0 aliphatic carbocycles. The summed E-state index contributed by atoms with van der Waals surface area (Å²) < 4.78 is 7.39. The second-order valence-corrected chi connectivity index (χ2v) is 4.85. The van der Waals surface area contributed by atoms with Gasteiger partial charge >= 0.3 is 5.97 Å². The van der Waals surface area contributed by atoms with Crippen LogP contribution in [0.5, 0.6) is 0 Å². The first-order chi connectivity index (χ1) is 9.15. The highest BCUT2D eigenvalue weighted by Gasteiger charge is 2.22. The van der Waals surface area contributed by atoms with Crippen LogP contribution in [0.15, 0.2) is 41.3 Å². The average Bonchev–Trinajstić information content (AvgIpc) is 2.81. The van der Waals surface area contributed by atoms with Crippen molar-refractivity contribution in [3.8, 4) is 0 Å². The number of benzene rings is 1. The Hall–Kier alpha value is -1.62. The molecule has 0 spiro atoms. The van der Waals surface area contributed by atoms with E-state index in [-0.39, 0.29) is 12.0 Å². The largest absolute Gasteiger partial charge is 0.461 e. The van der Waals surface area contributed by atoms with Crippen molar-refractivity contribution in [3.05, 3.63) is 52.5 Å². The molecule has 5 heteroatoms. The fraction of sp³-hybridized carbons (Fsp3) is 0.286. The van der Waals surface area contributed by atoms with E-state index in [1.807, 2.05) is 41.8 Å². The second-order valence-electron chi connectivity index (χ2n) is 4.10. The molecule has 1 heterocycles. The number of esters is 1. The van der Waals surface area contributed by atoms with Gasteiger partial charge in [-0.3, -0.25) is 0 Å². The smallest absolute Gasteiger partial charge is 0.357 e. The molecule has 0 amide bonds. The third kappa shape index (κ3) is 2.87. The van der Waals surface area contributed by atoms with Crippen LogP contribution in [0, 0.1) is 0 Å². The Morgan fingerprint density at radius 2 is 2.11 bits per heavy atom. The van der Waals surface area contributed by atoms with E-state index in [0.717, 1.165) is 5.56 Å². The molecule has 0 bridgehead atoms. The molecule has 0 radical (unpaired) electrons. The van der Waals surface area contributed by atoms with Crippen LogP contribution < -0.4 is 0 Å². The molecule has 1 aromatic carbocycles. The van der Waals surface area contributed by atoms with E-state index in [9.17, 15) is 4.79 Å². The van der Waals surface area contributed by atoms with E-state index in [1.165, 1.54) is 0 Å². The first-order valence-corrected chi connectivity index (χ1v) is 6.88. The first kappa shape index (κ1) is 13.8. The molecule has 2 rings (SSSR count). The predicted octanol–water partition coefficient (Wildman–Crippen LogP) is 3.43. The summed E-state index contributed by atoms with van der Waals surface area (Å²) in [5.41, 5.74) is 1.55. The van der Waals surface area contributed by atoms with Crippen molar-refractivity contribution in [2.75, 3.05) is 6.61 Å². The third-order valence-corrected chi connectivity index (χ3v) is 3.50. The lowest BCUT2D eigenvalue weighted by Gasteiger charge is -2.16. The maximum atomic E-state index is 12.0. The van der Waals surface area contributed by atoms with Crippen LogP contribution in [-0.4, -0.2) is 22.1 Å². The maximum Gasteiger partial charge on any atom is 0.357 e. The topological polar surface area (TPSA) is 44.1 Å². The van der Waals surface area contributed by atoms with Gasteiger partial charge in [0.2, 0.25) is 0 Å². The summed E-state index contributed by atoms with van der Waals surface area (Å²) in [6.07, 6.45) is 1.65. The Balaban J connectivity index is 2.38. The number of nitrogens with zero attached hydrogens (tertiary/aromatic N) is 2. The summed E-state index contributed by atoms with van der Waals surface area (Å²) in [6, 6.07) is 9.97. The minimum Gasteiger partial charge on any atom is -0.461 e. The van der Waals surface area contributed by atoms with E-state index in [4.69, 9.17) is 4.74 Å². The molecule has 1 atom stereocenters. The molecule has 0 aliphatic rings. The number of carbonyl (C=O) groups is 1. The van der Waals surface area contributed by atoms with Crippen LogP contribution in [0.4, 0.5) is 0 Å². The van der Waals surface area contributed by atoms with Gasteiger partial charge in [-0.2, -0.15) is 0 Å². The highest BCUT2D eigenvalue weighted by atomic mass is 79.9. The van der Waals surface area contributed by atoms with Crippen molar-refractivity contribution >= 4 is 21.9 Å². The molecule has 4 nitrogen and oxygen atoms in total. The number of hydrogen-bond acceptors (Lipinski definition) is 3. The summed E-state index contributed by atoms with van der Waals surface area (Å²) in [5.74, 6) is -0.366. The molecule has 100 valence electrons. The van der Waals surface area contributed by atoms with Crippen LogP contribution in [0.2, 0.25) is 0 Å². The van der Waals surface area contributed by atoms with E-state index >= 15 is 0 Å². The van der Waals surface area contributed by atoms with Crippen LogP contribution in [0.25, 0.3) is 0 Å². The Morgan fingerprint density at radius 3 is 2.74 bits per heavy atom. The van der Waals surface area contributed by atoms with Gasteiger partial charge in [-0.1, -0.05) is 30.3 Å². The van der Waals surface area contributed by atoms with Crippen molar-refractivity contribution < 1.29 is 9.53 Å². The van der Waals surface area contributed by atoms with E-state index in [1.54, 1.807) is 13.3 Å². The standard InChI is InChI=1S/C14H15BrN2O2/c1-3-19-14(18)12-13(15)16-9-17(12)10(2)11-7-5-4-6-8-11/h4-10H,3H2,1-2H3. The number of aromatic nitrogens is 2. The summed E-state index contributed by atoms with van der Waals surface area (Å²) >= 11 is 3.30. The van der Waals surface area contributed by atoms with Crippen molar-refractivity contribution in [2.24, 2.45) is 0 Å². The number of imidazole rings is 1. The van der Waals surface area contributed by atoms with Gasteiger partial charge in [0.25, 0.3) is 0 Å². The van der Waals surface area contributed by atoms with Crippen molar-refractivity contribution in [1.82, 2.24) is 9.55 Å². The summed E-state index contributed by atoms with van der Waals surface area (Å²) in [5, 5.41) is 0. The van der Waals surface area contributed by atoms with Gasteiger partial charge in [-0.15, -0.1) is 0 Å². The summed E-state index contributed by atoms with van der Waals surface area (Å²) in [6.45, 7) is 4.15. The lowest BCUT2D eigenvalue weighted by Crippen LogP contribution is -2.16. The lowest BCUT2D eigenvalue weighted by molar-refractivity contribution is 0.0511. The van der Waals surface area contributed by atoms with Crippen LogP contribution in [0.3, 0.4) is 0 Å². The molecular weight excluding hydrogens is 308 g/mol. The number of ether oxygens (including phenoxy) is 1. The fourth-order valence-corrected chi connectivity index (χ4v) is 2.37. The molecule has 2 aromatic rings. The molecule has 0 aliphatic heterocycles. The minimum absolute atomic E-state index is 0.0133. The Kier molecular flexibility index (Phi) is 4.37. The number of carbonyl (C=O) groups excluding carboxylic acids is 1. The Bertz CT molecular complexity index is 566. The van der Waals surface area contributed by atoms with E-state index < -0.39 is 0 Å². The highest BCUT2D eigenvalue weighted by Crippen LogP contribution is 2.24. The Labute approximate surface area is 120 Å². The van der Waals surface area contributed by atoms with Crippen LogP contribution in [0.1, 0.15) is 35.9 Å². The van der Waals surface area contributed by atoms with Crippen LogP contribution >= 0.6 is 15.9 Å². The zero-order chi connectivity index (χ0) is 13.8. The highest BCUT2D eigenvalue weighted by molar-refractivity contribution is 9.10. The number of halogens is 1. The normalized spacial score (nSPS) is 12.2. The van der Waals surface area contributed by atoms with Gasteiger partial charge < -0.3 is 9.30 Å². The van der Waals surface area contributed by atoms with E-state index in [0.29, 0.717) is 16.9 Å². The minimum atomic E-state index is -0.366. The Morgan fingerprint density at radius 1 is 1.42 bits per heavy atom. The first-order valence-electron chi connectivity index (χ1n) is 6.09. The number of rotatable bonds is 4. The monoisotopic (exact) mass is 322 g/mol. The molecule has 0 N–H and O–H groups in total. The zero-order valence-corrected chi connectivity index (χ0v) is 12.4. The summed E-state index contributed by atoms with van der Waals surface area (Å²) in [7, 11) is 0. The molecule has 1 aromatic heterocycles. The van der Waals surface area contributed by atoms with Crippen LogP contribution in [-0.2, 0) is 4.74 Å². The third-order valence-electron chi connectivity index (χ3n) is 2.92. The fourth-order valence-electron chi connectivity index (χ4n) is 1.91. The maximum absolute atomic E-state index is 12.0.